The molecule has 3 aromatic rings. The fourth-order valence-corrected chi connectivity index (χ4v) is 3.96. The minimum absolute atomic E-state index is 0.207. The summed E-state index contributed by atoms with van der Waals surface area (Å²) in [5.41, 5.74) is 0.788. The summed E-state index contributed by atoms with van der Waals surface area (Å²) in [6.07, 6.45) is 1.31. The number of carbonyl (C=O) groups is 4. The maximum atomic E-state index is 13.1. The van der Waals surface area contributed by atoms with Crippen LogP contribution < -0.4 is 25.0 Å². The highest BCUT2D eigenvalue weighted by molar-refractivity contribution is 6.42. The average Bonchev–Trinajstić information content (AvgIpc) is 2.87. The molecule has 12 heteroatoms. The van der Waals surface area contributed by atoms with Gasteiger partial charge in [0.1, 0.15) is 5.57 Å². The molecule has 0 saturated carbocycles. The van der Waals surface area contributed by atoms with E-state index in [-0.39, 0.29) is 29.4 Å². The van der Waals surface area contributed by atoms with Crippen molar-refractivity contribution in [2.75, 3.05) is 23.9 Å². The summed E-state index contributed by atoms with van der Waals surface area (Å²) in [4.78, 5) is 51.0. The summed E-state index contributed by atoms with van der Waals surface area (Å²) >= 11 is 17.8. The van der Waals surface area contributed by atoms with Crippen molar-refractivity contribution < 1.29 is 28.7 Å². The Hall–Kier alpha value is -4.05. The molecule has 1 fully saturated rings. The number of hydrogen-bond acceptors (Lipinski definition) is 6. The Labute approximate surface area is 231 Å². The standard InChI is InChI=1S/C26H18Cl3N3O6/c1-37-22-10-14(5-8-21(22)38-13-23(33)30-16-6-7-19(28)20(29)12-16)9-18-24(34)31-26(36)32(25(18)35)17-4-2-3-15(27)11-17/h2-12H,13H2,1H3,(H,30,33)(H,31,34,36)/b18-9+. The van der Waals surface area contributed by atoms with E-state index in [9.17, 15) is 19.2 Å². The monoisotopic (exact) mass is 573 g/mol. The number of benzene rings is 3. The number of urea groups is 1. The number of barbiturate groups is 1. The second-order valence-electron chi connectivity index (χ2n) is 7.81. The molecule has 1 saturated heterocycles. The normalized spacial score (nSPS) is 14.4. The quantitative estimate of drug-likeness (QED) is 0.291. The molecular weight excluding hydrogens is 557 g/mol. The molecule has 0 atom stereocenters. The topological polar surface area (TPSA) is 114 Å². The smallest absolute Gasteiger partial charge is 0.335 e. The fourth-order valence-electron chi connectivity index (χ4n) is 3.48. The molecule has 5 amide bonds. The van der Waals surface area contributed by atoms with Crippen LogP contribution in [0, 0.1) is 0 Å². The van der Waals surface area contributed by atoms with Crippen molar-refractivity contribution in [2.45, 2.75) is 0 Å². The van der Waals surface area contributed by atoms with Crippen LogP contribution >= 0.6 is 34.8 Å². The molecule has 3 aromatic carbocycles. The predicted octanol–water partition coefficient (Wildman–Crippen LogP) is 5.34. The molecule has 1 heterocycles. The number of hydrogen-bond donors (Lipinski definition) is 2. The Bertz CT molecular complexity index is 1490. The SMILES string of the molecule is COc1cc(/C=C2\C(=O)NC(=O)N(c3cccc(Cl)c3)C2=O)ccc1OCC(=O)Nc1ccc(Cl)c(Cl)c1. The Morgan fingerprint density at radius 2 is 1.76 bits per heavy atom. The van der Waals surface area contributed by atoms with E-state index in [0.29, 0.717) is 26.3 Å². The lowest BCUT2D eigenvalue weighted by atomic mass is 10.1. The van der Waals surface area contributed by atoms with Crippen molar-refractivity contribution in [1.82, 2.24) is 5.32 Å². The number of imide groups is 2. The number of halogens is 3. The average molecular weight is 575 g/mol. The van der Waals surface area contributed by atoms with E-state index in [1.807, 2.05) is 0 Å². The summed E-state index contributed by atoms with van der Waals surface area (Å²) in [6.45, 7) is -0.339. The first-order valence-corrected chi connectivity index (χ1v) is 12.0. The highest BCUT2D eigenvalue weighted by Gasteiger charge is 2.36. The third-order valence-electron chi connectivity index (χ3n) is 5.23. The summed E-state index contributed by atoms with van der Waals surface area (Å²) < 4.78 is 10.9. The van der Waals surface area contributed by atoms with E-state index in [1.165, 1.54) is 43.5 Å². The predicted molar refractivity (Wildman–Crippen MR) is 144 cm³/mol. The minimum Gasteiger partial charge on any atom is -0.493 e. The molecule has 0 spiro atoms. The van der Waals surface area contributed by atoms with E-state index in [4.69, 9.17) is 44.3 Å². The zero-order valence-corrected chi connectivity index (χ0v) is 21.9. The van der Waals surface area contributed by atoms with Gasteiger partial charge >= 0.3 is 6.03 Å². The number of amides is 5. The van der Waals surface area contributed by atoms with Crippen LogP contribution in [-0.2, 0) is 14.4 Å². The van der Waals surface area contributed by atoms with Crippen LogP contribution in [0.1, 0.15) is 5.56 Å². The van der Waals surface area contributed by atoms with Crippen LogP contribution in [-0.4, -0.2) is 37.5 Å². The van der Waals surface area contributed by atoms with Crippen molar-refractivity contribution in [1.29, 1.82) is 0 Å². The van der Waals surface area contributed by atoms with Crippen LogP contribution in [0.15, 0.2) is 66.2 Å². The van der Waals surface area contributed by atoms with Crippen molar-refractivity contribution in [3.63, 3.8) is 0 Å². The maximum absolute atomic E-state index is 13.1. The zero-order chi connectivity index (χ0) is 27.4. The van der Waals surface area contributed by atoms with Crippen LogP contribution in [0.5, 0.6) is 11.5 Å². The number of ether oxygens (including phenoxy) is 2. The second-order valence-corrected chi connectivity index (χ2v) is 9.06. The van der Waals surface area contributed by atoms with Crippen molar-refractivity contribution in [3.05, 3.63) is 86.9 Å². The molecule has 0 bridgehead atoms. The number of nitrogens with zero attached hydrogens (tertiary/aromatic N) is 1. The minimum atomic E-state index is -0.889. The van der Waals surface area contributed by atoms with E-state index in [2.05, 4.69) is 10.6 Å². The molecule has 9 nitrogen and oxygen atoms in total. The van der Waals surface area contributed by atoms with Gasteiger partial charge in [0.05, 0.1) is 22.8 Å². The number of rotatable bonds is 7. The molecule has 1 aliphatic rings. The van der Waals surface area contributed by atoms with Gasteiger partial charge in [-0.15, -0.1) is 0 Å². The van der Waals surface area contributed by atoms with Gasteiger partial charge in [0.2, 0.25) is 0 Å². The first kappa shape index (κ1) is 27.0. The fraction of sp³-hybridized carbons (Fsp3) is 0.0769. The molecular formula is C26H18Cl3N3O6. The Balaban J connectivity index is 1.50. The lowest BCUT2D eigenvalue weighted by molar-refractivity contribution is -0.122. The van der Waals surface area contributed by atoms with E-state index in [0.717, 1.165) is 4.90 Å². The summed E-state index contributed by atoms with van der Waals surface area (Å²) in [6, 6.07) is 14.5. The van der Waals surface area contributed by atoms with Gasteiger partial charge in [-0.3, -0.25) is 19.7 Å². The number of methoxy groups -OCH3 is 1. The first-order valence-electron chi connectivity index (χ1n) is 10.9. The Morgan fingerprint density at radius 3 is 2.47 bits per heavy atom. The molecule has 1 aliphatic heterocycles. The third-order valence-corrected chi connectivity index (χ3v) is 6.20. The van der Waals surface area contributed by atoms with E-state index < -0.39 is 23.8 Å². The molecule has 0 aliphatic carbocycles. The molecule has 0 aromatic heterocycles. The number of carbonyl (C=O) groups excluding carboxylic acids is 4. The summed E-state index contributed by atoms with van der Waals surface area (Å²) in [7, 11) is 1.40. The Morgan fingerprint density at radius 1 is 0.974 bits per heavy atom. The third kappa shape index (κ3) is 6.08. The van der Waals surface area contributed by atoms with Gasteiger partial charge < -0.3 is 14.8 Å². The van der Waals surface area contributed by atoms with Gasteiger partial charge in [0.25, 0.3) is 17.7 Å². The summed E-state index contributed by atoms with van der Waals surface area (Å²) in [5, 5.41) is 5.75. The molecule has 38 heavy (non-hydrogen) atoms. The zero-order valence-electron chi connectivity index (χ0n) is 19.6. The summed E-state index contributed by atoms with van der Waals surface area (Å²) in [5.74, 6) is -1.63. The van der Waals surface area contributed by atoms with Gasteiger partial charge in [-0.2, -0.15) is 0 Å². The van der Waals surface area contributed by atoms with Crippen LogP contribution in [0.3, 0.4) is 0 Å². The van der Waals surface area contributed by atoms with Crippen LogP contribution in [0.25, 0.3) is 6.08 Å². The number of anilines is 2. The first-order chi connectivity index (χ1) is 18.2. The Kier molecular flexibility index (Phi) is 8.21. The van der Waals surface area contributed by atoms with E-state index >= 15 is 0 Å². The highest BCUT2D eigenvalue weighted by atomic mass is 35.5. The van der Waals surface area contributed by atoms with Crippen molar-refractivity contribution in [2.24, 2.45) is 0 Å². The lowest BCUT2D eigenvalue weighted by Crippen LogP contribution is -2.54. The van der Waals surface area contributed by atoms with Gasteiger partial charge in [-0.25, -0.2) is 9.69 Å². The van der Waals surface area contributed by atoms with Gasteiger partial charge in [-0.1, -0.05) is 46.9 Å². The van der Waals surface area contributed by atoms with Gasteiger partial charge in [0, 0.05) is 10.7 Å². The second kappa shape index (κ2) is 11.6. The maximum Gasteiger partial charge on any atom is 0.335 e. The number of nitrogens with one attached hydrogen (secondary N) is 2. The molecule has 4 rings (SSSR count). The molecule has 194 valence electrons. The van der Waals surface area contributed by atoms with Gasteiger partial charge in [-0.05, 0) is 60.2 Å². The van der Waals surface area contributed by atoms with E-state index in [1.54, 1.807) is 30.3 Å². The highest BCUT2D eigenvalue weighted by Crippen LogP contribution is 2.30. The van der Waals surface area contributed by atoms with Crippen molar-refractivity contribution >= 4 is 76.0 Å². The largest absolute Gasteiger partial charge is 0.493 e. The molecule has 0 radical (unpaired) electrons. The molecule has 2 N–H and O–H groups in total. The van der Waals surface area contributed by atoms with Gasteiger partial charge in [0.15, 0.2) is 18.1 Å². The lowest BCUT2D eigenvalue weighted by Gasteiger charge is -2.26. The molecule has 0 unspecified atom stereocenters. The van der Waals surface area contributed by atoms with Crippen LogP contribution in [0.2, 0.25) is 15.1 Å². The van der Waals surface area contributed by atoms with Crippen molar-refractivity contribution in [3.8, 4) is 11.5 Å². The van der Waals surface area contributed by atoms with Crippen LogP contribution in [0.4, 0.5) is 16.2 Å².